The molecule has 8 rings (SSSR count). The van der Waals surface area contributed by atoms with Gasteiger partial charge in [-0.25, -0.2) is 14.4 Å². The Labute approximate surface area is 316 Å². The third-order valence-corrected chi connectivity index (χ3v) is 12.4. The fourth-order valence-corrected chi connectivity index (χ4v) is 9.23. The molecule has 4 aliphatic rings. The molecule has 2 aromatic carbocycles. The molecule has 0 unspecified atom stereocenters. The number of hydrogen-bond donors (Lipinski definition) is 2. The van der Waals surface area contributed by atoms with Gasteiger partial charge in [0.15, 0.2) is 5.82 Å². The lowest BCUT2D eigenvalue weighted by Crippen LogP contribution is -2.58. The number of nitrogens with one attached hydrogen (secondary N) is 2. The van der Waals surface area contributed by atoms with Crippen LogP contribution in [0.15, 0.2) is 42.7 Å². The molecule has 4 aromatic rings. The van der Waals surface area contributed by atoms with Crippen LogP contribution in [0.1, 0.15) is 100 Å². The molecular weight excluding hydrogens is 684 g/mol. The lowest BCUT2D eigenvalue weighted by atomic mass is 9.73. The van der Waals surface area contributed by atoms with Gasteiger partial charge in [0.05, 0.1) is 28.6 Å². The maximum atomic E-state index is 15.6. The Balaban J connectivity index is 1.20. The topological polar surface area (TPSA) is 116 Å². The first-order valence-corrected chi connectivity index (χ1v) is 19.7. The normalized spacial score (nSPS) is 21.1. The van der Waals surface area contributed by atoms with Crippen LogP contribution >= 0.6 is 0 Å². The highest BCUT2D eigenvalue weighted by Gasteiger charge is 2.55. The van der Waals surface area contributed by atoms with Crippen molar-refractivity contribution in [2.45, 2.75) is 103 Å². The van der Waals surface area contributed by atoms with Gasteiger partial charge in [0.25, 0.3) is 5.91 Å². The van der Waals surface area contributed by atoms with Gasteiger partial charge in [-0.3, -0.25) is 14.4 Å². The van der Waals surface area contributed by atoms with Crippen LogP contribution in [0.25, 0.3) is 22.3 Å². The number of pyridine rings is 1. The first-order chi connectivity index (χ1) is 26.0. The monoisotopic (exact) mass is 734 g/mol. The predicted octanol–water partition coefficient (Wildman–Crippen LogP) is 6.86. The molecule has 12 heteroatoms. The SMILES string of the molecule is CCNC(=O)c1cc(Nc2nc(-c3ccc4c(c3)N(C3CC(N5CCCCC5)C3)C(=O)C43CCN(C(C)=O)CC3)cc3ncn(C(C)C)c23)c(F)cc1C. The summed E-state index contributed by atoms with van der Waals surface area (Å²) in [6, 6.07) is 11.7. The highest BCUT2D eigenvalue weighted by Crippen LogP contribution is 2.52. The van der Waals surface area contributed by atoms with Crippen LogP contribution in [0.3, 0.4) is 0 Å². The van der Waals surface area contributed by atoms with Crippen molar-refractivity contribution in [3.8, 4) is 11.3 Å². The predicted molar refractivity (Wildman–Crippen MR) is 209 cm³/mol. The summed E-state index contributed by atoms with van der Waals surface area (Å²) in [7, 11) is 0. The quantitative estimate of drug-likeness (QED) is 0.203. The molecule has 2 aromatic heterocycles. The van der Waals surface area contributed by atoms with Crippen molar-refractivity contribution in [1.29, 1.82) is 0 Å². The average molecular weight is 735 g/mol. The molecule has 0 atom stereocenters. The lowest BCUT2D eigenvalue weighted by Gasteiger charge is -2.48. The molecule has 11 nitrogen and oxygen atoms in total. The molecule has 0 bridgehead atoms. The van der Waals surface area contributed by atoms with Crippen LogP contribution in [-0.4, -0.2) is 86.9 Å². The minimum Gasteiger partial charge on any atom is -0.352 e. The zero-order valence-electron chi connectivity index (χ0n) is 32.0. The molecule has 3 amide bonds. The number of piperidine rings is 2. The number of aromatic nitrogens is 3. The number of halogens is 1. The van der Waals surface area contributed by atoms with E-state index in [1.54, 1.807) is 20.2 Å². The van der Waals surface area contributed by atoms with Gasteiger partial charge in [0, 0.05) is 61.5 Å². The zero-order chi connectivity index (χ0) is 37.9. The number of fused-ring (bicyclic) bond motifs is 3. The highest BCUT2D eigenvalue weighted by molar-refractivity contribution is 6.09. The van der Waals surface area contributed by atoms with E-state index >= 15 is 4.39 Å². The lowest BCUT2D eigenvalue weighted by molar-refractivity contribution is -0.134. The van der Waals surface area contributed by atoms with E-state index in [-0.39, 0.29) is 35.5 Å². The zero-order valence-corrected chi connectivity index (χ0v) is 32.0. The van der Waals surface area contributed by atoms with E-state index < -0.39 is 11.2 Å². The second-order valence-electron chi connectivity index (χ2n) is 16.0. The summed E-state index contributed by atoms with van der Waals surface area (Å²) < 4.78 is 17.6. The van der Waals surface area contributed by atoms with Crippen molar-refractivity contribution in [3.05, 3.63) is 65.2 Å². The Morgan fingerprint density at radius 1 is 1.00 bits per heavy atom. The molecule has 1 spiro atoms. The van der Waals surface area contributed by atoms with Gasteiger partial charge in [-0.1, -0.05) is 18.6 Å². The maximum absolute atomic E-state index is 15.6. The molecule has 54 heavy (non-hydrogen) atoms. The van der Waals surface area contributed by atoms with Gasteiger partial charge in [0.1, 0.15) is 11.3 Å². The smallest absolute Gasteiger partial charge is 0.251 e. The average Bonchev–Trinajstić information content (AvgIpc) is 3.67. The van der Waals surface area contributed by atoms with Crippen LogP contribution in [0.4, 0.5) is 21.6 Å². The summed E-state index contributed by atoms with van der Waals surface area (Å²) in [4.78, 5) is 56.3. The van der Waals surface area contributed by atoms with E-state index in [1.165, 1.54) is 31.4 Å². The highest BCUT2D eigenvalue weighted by atomic mass is 19.1. The first kappa shape index (κ1) is 36.2. The number of carbonyl (C=O) groups excluding carboxylic acids is 3. The second kappa shape index (κ2) is 14.1. The van der Waals surface area contributed by atoms with Crippen LogP contribution in [0, 0.1) is 12.7 Å². The molecule has 2 N–H and O–H groups in total. The Kier molecular flexibility index (Phi) is 9.44. The van der Waals surface area contributed by atoms with E-state index in [2.05, 4.69) is 46.4 Å². The minimum atomic E-state index is -0.666. The number of likely N-dealkylation sites (tertiary alicyclic amines) is 2. The number of anilines is 3. The minimum absolute atomic E-state index is 0.0443. The van der Waals surface area contributed by atoms with Gasteiger partial charge in [0.2, 0.25) is 11.8 Å². The van der Waals surface area contributed by atoms with Crippen molar-refractivity contribution in [2.75, 3.05) is 42.9 Å². The molecule has 1 saturated carbocycles. The van der Waals surface area contributed by atoms with E-state index in [1.807, 2.05) is 28.5 Å². The van der Waals surface area contributed by atoms with E-state index in [9.17, 15) is 14.4 Å². The molecule has 5 heterocycles. The maximum Gasteiger partial charge on any atom is 0.251 e. The number of hydrogen-bond acceptors (Lipinski definition) is 7. The molecule has 3 aliphatic heterocycles. The molecular formula is C42H51FN8O3. The third-order valence-electron chi connectivity index (χ3n) is 12.4. The summed E-state index contributed by atoms with van der Waals surface area (Å²) in [5.41, 5.74) is 5.24. The van der Waals surface area contributed by atoms with Gasteiger partial charge < -0.3 is 29.9 Å². The summed E-state index contributed by atoms with van der Waals surface area (Å²) >= 11 is 0. The Morgan fingerprint density at radius 2 is 1.74 bits per heavy atom. The van der Waals surface area contributed by atoms with Crippen LogP contribution in [0.2, 0.25) is 0 Å². The summed E-state index contributed by atoms with van der Waals surface area (Å²) in [6.07, 6.45) is 8.64. The largest absolute Gasteiger partial charge is 0.352 e. The second-order valence-corrected chi connectivity index (χ2v) is 16.0. The van der Waals surface area contributed by atoms with Gasteiger partial charge in [-0.2, -0.15) is 0 Å². The molecule has 0 radical (unpaired) electrons. The van der Waals surface area contributed by atoms with Crippen molar-refractivity contribution in [2.24, 2.45) is 0 Å². The fraction of sp³-hybridized carbons (Fsp3) is 0.500. The van der Waals surface area contributed by atoms with Crippen molar-refractivity contribution < 1.29 is 18.8 Å². The summed E-state index contributed by atoms with van der Waals surface area (Å²) in [6.45, 7) is 13.1. The standard InChI is InChI=1S/C42H51FN8O3/c1-6-44-40(53)31-22-35(33(43)18-26(31)4)47-39-38-36(45-24-50(38)25(2)3)23-34(46-39)28-10-11-32-37(19-28)51(30-20-29(21-30)49-14-8-7-9-15-49)41(54)42(32)12-16-48(17-13-42)27(5)52/h10-11,18-19,22-25,29-30H,6-9,12-17,20-21H2,1-5H3,(H,44,53)(H,46,47). The first-order valence-electron chi connectivity index (χ1n) is 19.7. The van der Waals surface area contributed by atoms with Crippen LogP contribution in [0.5, 0.6) is 0 Å². The summed E-state index contributed by atoms with van der Waals surface area (Å²) in [5, 5.41) is 6.06. The van der Waals surface area contributed by atoms with E-state index in [4.69, 9.17) is 9.97 Å². The van der Waals surface area contributed by atoms with Crippen molar-refractivity contribution in [3.63, 3.8) is 0 Å². The van der Waals surface area contributed by atoms with E-state index in [0.717, 1.165) is 48.3 Å². The number of carbonyl (C=O) groups is 3. The van der Waals surface area contributed by atoms with Crippen LogP contribution < -0.4 is 15.5 Å². The Bertz CT molecular complexity index is 2130. The van der Waals surface area contributed by atoms with Gasteiger partial charge in [-0.15, -0.1) is 0 Å². The van der Waals surface area contributed by atoms with Gasteiger partial charge >= 0.3 is 0 Å². The van der Waals surface area contributed by atoms with E-state index in [0.29, 0.717) is 66.7 Å². The summed E-state index contributed by atoms with van der Waals surface area (Å²) in [5.74, 6) is -0.148. The third kappa shape index (κ3) is 6.12. The van der Waals surface area contributed by atoms with Crippen LogP contribution in [-0.2, 0) is 15.0 Å². The number of imidazole rings is 1. The van der Waals surface area contributed by atoms with Crippen molar-refractivity contribution in [1.82, 2.24) is 29.7 Å². The Morgan fingerprint density at radius 3 is 2.43 bits per heavy atom. The fourth-order valence-electron chi connectivity index (χ4n) is 9.23. The number of aryl methyl sites for hydroxylation is 1. The van der Waals surface area contributed by atoms with Gasteiger partial charge in [-0.05, 0) is 115 Å². The Hall–Kier alpha value is -4.84. The van der Waals surface area contributed by atoms with Crippen molar-refractivity contribution >= 4 is 45.9 Å². The number of benzene rings is 2. The molecule has 1 aliphatic carbocycles. The molecule has 3 fully saturated rings. The number of rotatable bonds is 8. The molecule has 284 valence electrons. The number of nitrogens with zero attached hydrogens (tertiary/aromatic N) is 6. The number of amides is 3. The molecule has 2 saturated heterocycles.